The second kappa shape index (κ2) is 7.09. The number of para-hydroxylation sites is 1. The van der Waals surface area contributed by atoms with E-state index in [0.29, 0.717) is 12.2 Å². The second-order valence-electron chi connectivity index (χ2n) is 5.67. The molecular formula is C19H21N3O. The zero-order chi connectivity index (χ0) is 16.1. The minimum absolute atomic E-state index is 0.0281. The number of hydrogen-bond acceptors (Lipinski definition) is 2. The van der Waals surface area contributed by atoms with E-state index in [0.717, 1.165) is 36.0 Å². The van der Waals surface area contributed by atoms with Crippen molar-refractivity contribution in [3.63, 3.8) is 0 Å². The van der Waals surface area contributed by atoms with E-state index in [9.17, 15) is 4.79 Å². The molecule has 1 amide bonds. The summed E-state index contributed by atoms with van der Waals surface area (Å²) < 4.78 is 0. The van der Waals surface area contributed by atoms with Crippen LogP contribution in [0.15, 0.2) is 54.7 Å². The van der Waals surface area contributed by atoms with Crippen LogP contribution in [-0.2, 0) is 6.54 Å². The number of benzene rings is 1. The van der Waals surface area contributed by atoms with Gasteiger partial charge in [-0.3, -0.25) is 9.78 Å². The fraction of sp³-hybridized carbons (Fsp3) is 0.263. The van der Waals surface area contributed by atoms with Gasteiger partial charge in [0.2, 0.25) is 0 Å². The zero-order valence-electron chi connectivity index (χ0n) is 13.3. The van der Waals surface area contributed by atoms with Crippen LogP contribution in [0.2, 0.25) is 0 Å². The summed E-state index contributed by atoms with van der Waals surface area (Å²) in [5, 5.41) is 1.06. The molecule has 0 fully saturated rings. The highest BCUT2D eigenvalue weighted by atomic mass is 16.2. The van der Waals surface area contributed by atoms with E-state index in [1.54, 1.807) is 6.20 Å². The van der Waals surface area contributed by atoms with Crippen LogP contribution in [0.1, 0.15) is 35.9 Å². The Morgan fingerprint density at radius 2 is 2.00 bits per heavy atom. The molecule has 0 atom stereocenters. The van der Waals surface area contributed by atoms with Crippen molar-refractivity contribution in [1.82, 2.24) is 14.9 Å². The van der Waals surface area contributed by atoms with Crippen LogP contribution in [0, 0.1) is 0 Å². The number of aromatic nitrogens is 2. The minimum atomic E-state index is 0.0281. The standard InChI is InChI=1S/C19H21N3O/c1-2-3-12-22(14-16-9-6-7-11-20-16)19(23)18-13-15-8-4-5-10-17(15)21-18/h4-11,13,21H,2-3,12,14H2,1H3. The molecule has 0 aliphatic carbocycles. The normalized spacial score (nSPS) is 10.8. The Kier molecular flexibility index (Phi) is 4.71. The van der Waals surface area contributed by atoms with Gasteiger partial charge < -0.3 is 9.88 Å². The molecule has 118 valence electrons. The Labute approximate surface area is 136 Å². The van der Waals surface area contributed by atoms with E-state index < -0.39 is 0 Å². The summed E-state index contributed by atoms with van der Waals surface area (Å²) in [6.07, 6.45) is 3.80. The summed E-state index contributed by atoms with van der Waals surface area (Å²) in [6, 6.07) is 15.7. The van der Waals surface area contributed by atoms with E-state index in [2.05, 4.69) is 16.9 Å². The topological polar surface area (TPSA) is 49.0 Å². The van der Waals surface area contributed by atoms with E-state index in [1.165, 1.54) is 0 Å². The Balaban J connectivity index is 1.84. The van der Waals surface area contributed by atoms with Gasteiger partial charge in [-0.2, -0.15) is 0 Å². The molecule has 3 rings (SSSR count). The van der Waals surface area contributed by atoms with Crippen molar-refractivity contribution in [2.45, 2.75) is 26.3 Å². The van der Waals surface area contributed by atoms with Crippen molar-refractivity contribution < 1.29 is 4.79 Å². The van der Waals surface area contributed by atoms with Gasteiger partial charge in [0, 0.05) is 23.6 Å². The maximum atomic E-state index is 12.9. The zero-order valence-corrected chi connectivity index (χ0v) is 13.3. The highest BCUT2D eigenvalue weighted by molar-refractivity contribution is 5.98. The molecule has 0 spiro atoms. The van der Waals surface area contributed by atoms with Crippen molar-refractivity contribution in [2.75, 3.05) is 6.54 Å². The van der Waals surface area contributed by atoms with Crippen molar-refractivity contribution in [3.05, 3.63) is 66.1 Å². The number of unbranched alkanes of at least 4 members (excludes halogenated alkanes) is 1. The lowest BCUT2D eigenvalue weighted by Gasteiger charge is -2.21. The van der Waals surface area contributed by atoms with Gasteiger partial charge in [0.25, 0.3) is 5.91 Å². The number of nitrogens with zero attached hydrogens (tertiary/aromatic N) is 2. The number of rotatable bonds is 6. The van der Waals surface area contributed by atoms with Gasteiger partial charge in [0.05, 0.1) is 12.2 Å². The first-order chi connectivity index (χ1) is 11.3. The monoisotopic (exact) mass is 307 g/mol. The molecule has 23 heavy (non-hydrogen) atoms. The molecule has 1 N–H and O–H groups in total. The third-order valence-corrected chi connectivity index (χ3v) is 3.91. The first kappa shape index (κ1) is 15.3. The molecule has 0 aliphatic heterocycles. The van der Waals surface area contributed by atoms with Crippen LogP contribution in [-0.4, -0.2) is 27.3 Å². The van der Waals surface area contributed by atoms with Gasteiger partial charge in [0.1, 0.15) is 5.69 Å². The van der Waals surface area contributed by atoms with Crippen LogP contribution in [0.4, 0.5) is 0 Å². The highest BCUT2D eigenvalue weighted by Crippen LogP contribution is 2.17. The SMILES string of the molecule is CCCCN(Cc1ccccn1)C(=O)c1cc2ccccc2[nH]1. The van der Waals surface area contributed by atoms with Crippen molar-refractivity contribution in [3.8, 4) is 0 Å². The number of hydrogen-bond donors (Lipinski definition) is 1. The van der Waals surface area contributed by atoms with Crippen LogP contribution in [0.5, 0.6) is 0 Å². The molecule has 2 aromatic heterocycles. The molecule has 0 radical (unpaired) electrons. The average molecular weight is 307 g/mol. The molecule has 0 saturated heterocycles. The lowest BCUT2D eigenvalue weighted by atomic mass is 10.2. The maximum absolute atomic E-state index is 12.9. The number of amides is 1. The van der Waals surface area contributed by atoms with Gasteiger partial charge in [-0.15, -0.1) is 0 Å². The number of fused-ring (bicyclic) bond motifs is 1. The van der Waals surface area contributed by atoms with Crippen molar-refractivity contribution in [1.29, 1.82) is 0 Å². The van der Waals surface area contributed by atoms with Gasteiger partial charge >= 0.3 is 0 Å². The summed E-state index contributed by atoms with van der Waals surface area (Å²) in [7, 11) is 0. The quantitative estimate of drug-likeness (QED) is 0.748. The van der Waals surface area contributed by atoms with Crippen molar-refractivity contribution >= 4 is 16.8 Å². The van der Waals surface area contributed by atoms with Gasteiger partial charge in [-0.1, -0.05) is 37.6 Å². The summed E-state index contributed by atoms with van der Waals surface area (Å²) in [4.78, 5) is 22.3. The van der Waals surface area contributed by atoms with E-state index >= 15 is 0 Å². The number of aromatic amines is 1. The van der Waals surface area contributed by atoms with E-state index in [4.69, 9.17) is 0 Å². The molecule has 2 heterocycles. The Morgan fingerprint density at radius 3 is 2.74 bits per heavy atom. The molecule has 0 unspecified atom stereocenters. The molecule has 1 aromatic carbocycles. The molecule has 4 nitrogen and oxygen atoms in total. The molecule has 3 aromatic rings. The van der Waals surface area contributed by atoms with Crippen LogP contribution in [0.3, 0.4) is 0 Å². The second-order valence-corrected chi connectivity index (χ2v) is 5.67. The molecule has 0 aliphatic rings. The Morgan fingerprint density at radius 1 is 1.17 bits per heavy atom. The summed E-state index contributed by atoms with van der Waals surface area (Å²) in [5.74, 6) is 0.0281. The summed E-state index contributed by atoms with van der Waals surface area (Å²) in [6.45, 7) is 3.41. The van der Waals surface area contributed by atoms with Crippen molar-refractivity contribution in [2.24, 2.45) is 0 Å². The lowest BCUT2D eigenvalue weighted by Crippen LogP contribution is -2.32. The molecular weight excluding hydrogens is 286 g/mol. The summed E-state index contributed by atoms with van der Waals surface area (Å²) >= 11 is 0. The predicted molar refractivity (Wildman–Crippen MR) is 92.2 cm³/mol. The van der Waals surface area contributed by atoms with E-state index in [1.807, 2.05) is 53.4 Å². The maximum Gasteiger partial charge on any atom is 0.270 e. The predicted octanol–water partition coefficient (Wildman–Crippen LogP) is 4.01. The van der Waals surface area contributed by atoms with Gasteiger partial charge in [0.15, 0.2) is 0 Å². The minimum Gasteiger partial charge on any atom is -0.351 e. The molecule has 0 saturated carbocycles. The van der Waals surface area contributed by atoms with Crippen LogP contribution < -0.4 is 0 Å². The van der Waals surface area contributed by atoms with Gasteiger partial charge in [-0.25, -0.2) is 0 Å². The average Bonchev–Trinajstić information content (AvgIpc) is 3.03. The highest BCUT2D eigenvalue weighted by Gasteiger charge is 2.18. The molecule has 4 heteroatoms. The number of H-pyrrole nitrogens is 1. The van der Waals surface area contributed by atoms with Crippen LogP contribution >= 0.6 is 0 Å². The smallest absolute Gasteiger partial charge is 0.270 e. The Hall–Kier alpha value is -2.62. The first-order valence-corrected chi connectivity index (χ1v) is 8.05. The fourth-order valence-electron chi connectivity index (χ4n) is 2.65. The lowest BCUT2D eigenvalue weighted by molar-refractivity contribution is 0.0734. The number of carbonyl (C=O) groups excluding carboxylic acids is 1. The first-order valence-electron chi connectivity index (χ1n) is 8.05. The largest absolute Gasteiger partial charge is 0.351 e. The number of pyridine rings is 1. The summed E-state index contributed by atoms with van der Waals surface area (Å²) in [5.41, 5.74) is 2.54. The third-order valence-electron chi connectivity index (χ3n) is 3.91. The number of carbonyl (C=O) groups is 1. The Bertz CT molecular complexity index is 746. The van der Waals surface area contributed by atoms with Crippen LogP contribution in [0.25, 0.3) is 10.9 Å². The third kappa shape index (κ3) is 3.59. The van der Waals surface area contributed by atoms with Gasteiger partial charge in [-0.05, 0) is 30.7 Å². The number of nitrogens with one attached hydrogen (secondary N) is 1. The molecule has 0 bridgehead atoms. The van der Waals surface area contributed by atoms with E-state index in [-0.39, 0.29) is 5.91 Å². The fourth-order valence-corrected chi connectivity index (χ4v) is 2.65.